The SMILES string of the molecule is C=C(C)CN(c1ccc(Oc2ccccc2)cc1)c1nc(Cl)nc(NCc2ccc(OC)cc2)c1Br. The van der Waals surface area contributed by atoms with E-state index in [2.05, 4.69) is 37.8 Å². The summed E-state index contributed by atoms with van der Waals surface area (Å²) in [5.41, 5.74) is 2.95. The summed E-state index contributed by atoms with van der Waals surface area (Å²) >= 11 is 10.1. The van der Waals surface area contributed by atoms with Gasteiger partial charge in [-0.25, -0.2) is 0 Å². The molecule has 184 valence electrons. The summed E-state index contributed by atoms with van der Waals surface area (Å²) in [7, 11) is 1.65. The number of nitrogens with one attached hydrogen (secondary N) is 1. The number of para-hydroxylation sites is 1. The van der Waals surface area contributed by atoms with Crippen molar-refractivity contribution in [2.75, 3.05) is 23.9 Å². The highest BCUT2D eigenvalue weighted by Gasteiger charge is 2.20. The van der Waals surface area contributed by atoms with Crippen LogP contribution in [0.5, 0.6) is 17.2 Å². The predicted octanol–water partition coefficient (Wildman–Crippen LogP) is 8.02. The van der Waals surface area contributed by atoms with Crippen LogP contribution in [0.3, 0.4) is 0 Å². The Balaban J connectivity index is 1.59. The minimum Gasteiger partial charge on any atom is -0.497 e. The van der Waals surface area contributed by atoms with Gasteiger partial charge in [0.2, 0.25) is 5.28 Å². The van der Waals surface area contributed by atoms with Crippen LogP contribution >= 0.6 is 27.5 Å². The molecule has 36 heavy (non-hydrogen) atoms. The predicted molar refractivity (Wildman–Crippen MR) is 150 cm³/mol. The number of benzene rings is 3. The molecule has 0 aliphatic heterocycles. The van der Waals surface area contributed by atoms with Gasteiger partial charge in [-0.15, -0.1) is 0 Å². The molecule has 0 unspecified atom stereocenters. The first-order chi connectivity index (χ1) is 17.4. The van der Waals surface area contributed by atoms with Crippen LogP contribution in [0.4, 0.5) is 17.3 Å². The zero-order chi connectivity index (χ0) is 25.5. The molecule has 3 aromatic carbocycles. The van der Waals surface area contributed by atoms with Gasteiger partial charge in [-0.3, -0.25) is 0 Å². The molecular weight excluding hydrogens is 540 g/mol. The largest absolute Gasteiger partial charge is 0.497 e. The van der Waals surface area contributed by atoms with Gasteiger partial charge in [0.1, 0.15) is 27.5 Å². The maximum absolute atomic E-state index is 6.36. The molecule has 0 bridgehead atoms. The van der Waals surface area contributed by atoms with Crippen molar-refractivity contribution in [3.63, 3.8) is 0 Å². The molecule has 1 aromatic heterocycles. The van der Waals surface area contributed by atoms with E-state index in [1.54, 1.807) is 7.11 Å². The number of nitrogens with zero attached hydrogens (tertiary/aromatic N) is 3. The number of rotatable bonds is 10. The number of hydrogen-bond donors (Lipinski definition) is 1. The van der Waals surface area contributed by atoms with Crippen LogP contribution in [0.15, 0.2) is 95.5 Å². The van der Waals surface area contributed by atoms with Crippen LogP contribution in [0.2, 0.25) is 5.28 Å². The van der Waals surface area contributed by atoms with Gasteiger partial charge in [0, 0.05) is 18.8 Å². The number of halogens is 2. The number of anilines is 3. The molecule has 8 heteroatoms. The molecule has 0 fully saturated rings. The van der Waals surface area contributed by atoms with Crippen molar-refractivity contribution in [2.45, 2.75) is 13.5 Å². The topological polar surface area (TPSA) is 59.5 Å². The van der Waals surface area contributed by atoms with E-state index in [4.69, 9.17) is 21.1 Å². The minimum atomic E-state index is 0.140. The van der Waals surface area contributed by atoms with E-state index in [0.29, 0.717) is 29.2 Å². The summed E-state index contributed by atoms with van der Waals surface area (Å²) < 4.78 is 11.9. The zero-order valence-corrected chi connectivity index (χ0v) is 22.4. The van der Waals surface area contributed by atoms with Crippen molar-refractivity contribution < 1.29 is 9.47 Å². The standard InChI is InChI=1S/C28H26BrClN4O2/c1-19(2)18-34(21-11-15-24(16-12-21)36-23-7-5-4-6-8-23)27-25(29)26(32-28(30)33-27)31-17-20-9-13-22(35-3)14-10-20/h4-16H,1,17-18H2,2-3H3,(H,31,32,33). The zero-order valence-electron chi connectivity index (χ0n) is 20.0. The van der Waals surface area contributed by atoms with Gasteiger partial charge >= 0.3 is 0 Å². The van der Waals surface area contributed by atoms with Gasteiger partial charge in [-0.2, -0.15) is 9.97 Å². The molecular formula is C28H26BrClN4O2. The number of ether oxygens (including phenoxy) is 2. The second kappa shape index (κ2) is 11.9. The van der Waals surface area contributed by atoms with Gasteiger partial charge in [-0.1, -0.05) is 42.5 Å². The Morgan fingerprint density at radius 3 is 2.22 bits per heavy atom. The van der Waals surface area contributed by atoms with Gasteiger partial charge in [0.25, 0.3) is 0 Å². The molecule has 0 amide bonds. The first-order valence-electron chi connectivity index (χ1n) is 11.3. The molecule has 0 aliphatic carbocycles. The van der Waals surface area contributed by atoms with Crippen molar-refractivity contribution >= 4 is 44.9 Å². The average Bonchev–Trinajstić information content (AvgIpc) is 2.89. The molecule has 1 heterocycles. The van der Waals surface area contributed by atoms with Gasteiger partial charge < -0.3 is 19.7 Å². The molecule has 0 aliphatic rings. The smallest absolute Gasteiger partial charge is 0.226 e. The maximum Gasteiger partial charge on any atom is 0.226 e. The Morgan fingerprint density at radius 2 is 1.58 bits per heavy atom. The summed E-state index contributed by atoms with van der Waals surface area (Å²) in [6.07, 6.45) is 0. The minimum absolute atomic E-state index is 0.140. The van der Waals surface area contributed by atoms with E-state index >= 15 is 0 Å². The highest BCUT2D eigenvalue weighted by molar-refractivity contribution is 9.10. The molecule has 4 rings (SSSR count). The molecule has 4 aromatic rings. The van der Waals surface area contributed by atoms with E-state index in [-0.39, 0.29) is 5.28 Å². The van der Waals surface area contributed by atoms with Crippen molar-refractivity contribution in [1.82, 2.24) is 9.97 Å². The first kappa shape index (κ1) is 25.5. The normalized spacial score (nSPS) is 10.6. The lowest BCUT2D eigenvalue weighted by Crippen LogP contribution is -2.21. The van der Waals surface area contributed by atoms with Crippen molar-refractivity contribution in [3.8, 4) is 17.2 Å². The Labute approximate surface area is 224 Å². The fraction of sp³-hybridized carbons (Fsp3) is 0.143. The van der Waals surface area contributed by atoms with Crippen LogP contribution < -0.4 is 19.7 Å². The second-order valence-corrected chi connectivity index (χ2v) is 9.26. The summed E-state index contributed by atoms with van der Waals surface area (Å²) in [6, 6.07) is 25.3. The number of hydrogen-bond acceptors (Lipinski definition) is 6. The van der Waals surface area contributed by atoms with E-state index in [1.165, 1.54) is 0 Å². The summed E-state index contributed by atoms with van der Waals surface area (Å²) in [6.45, 7) is 7.17. The molecule has 0 saturated carbocycles. The van der Waals surface area contributed by atoms with E-state index in [0.717, 1.165) is 34.1 Å². The monoisotopic (exact) mass is 564 g/mol. The highest BCUT2D eigenvalue weighted by Crippen LogP contribution is 2.37. The van der Waals surface area contributed by atoms with E-state index in [9.17, 15) is 0 Å². The molecule has 0 atom stereocenters. The Kier molecular flexibility index (Phi) is 8.46. The third kappa shape index (κ3) is 6.56. The summed E-state index contributed by atoms with van der Waals surface area (Å²) in [5.74, 6) is 3.55. The van der Waals surface area contributed by atoms with Crippen molar-refractivity contribution in [3.05, 3.63) is 106 Å². The Bertz CT molecular complexity index is 1320. The van der Waals surface area contributed by atoms with E-state index in [1.807, 2.05) is 90.7 Å². The fourth-order valence-electron chi connectivity index (χ4n) is 3.51. The Hall–Kier alpha value is -3.55. The van der Waals surface area contributed by atoms with Crippen LogP contribution in [-0.4, -0.2) is 23.6 Å². The van der Waals surface area contributed by atoms with Crippen molar-refractivity contribution in [1.29, 1.82) is 0 Å². The quantitative estimate of drug-likeness (QED) is 0.155. The number of methoxy groups -OCH3 is 1. The molecule has 0 spiro atoms. The summed E-state index contributed by atoms with van der Waals surface area (Å²) in [4.78, 5) is 11.0. The van der Waals surface area contributed by atoms with Crippen LogP contribution in [0, 0.1) is 0 Å². The third-order valence-electron chi connectivity index (χ3n) is 5.24. The first-order valence-corrected chi connectivity index (χ1v) is 12.4. The second-order valence-electron chi connectivity index (χ2n) is 8.13. The molecule has 0 radical (unpaired) electrons. The van der Waals surface area contributed by atoms with Crippen molar-refractivity contribution in [2.24, 2.45) is 0 Å². The van der Waals surface area contributed by atoms with Crippen LogP contribution in [0.25, 0.3) is 0 Å². The van der Waals surface area contributed by atoms with Gasteiger partial charge in [0.05, 0.1) is 7.11 Å². The fourth-order valence-corrected chi connectivity index (χ4v) is 4.21. The lowest BCUT2D eigenvalue weighted by atomic mass is 10.2. The molecule has 6 nitrogen and oxygen atoms in total. The lowest BCUT2D eigenvalue weighted by molar-refractivity contribution is 0.414. The third-order valence-corrected chi connectivity index (χ3v) is 6.14. The lowest BCUT2D eigenvalue weighted by Gasteiger charge is -2.26. The van der Waals surface area contributed by atoms with Crippen LogP contribution in [0.1, 0.15) is 12.5 Å². The highest BCUT2D eigenvalue weighted by atomic mass is 79.9. The molecule has 1 N–H and O–H groups in total. The van der Waals surface area contributed by atoms with E-state index < -0.39 is 0 Å². The van der Waals surface area contributed by atoms with Gasteiger partial charge in [-0.05, 0) is 88.5 Å². The molecule has 0 saturated heterocycles. The van der Waals surface area contributed by atoms with Crippen LogP contribution in [-0.2, 0) is 6.54 Å². The average molecular weight is 566 g/mol. The Morgan fingerprint density at radius 1 is 0.944 bits per heavy atom. The number of aromatic nitrogens is 2. The van der Waals surface area contributed by atoms with Gasteiger partial charge in [0.15, 0.2) is 5.82 Å². The maximum atomic E-state index is 6.36. The summed E-state index contributed by atoms with van der Waals surface area (Å²) in [5, 5.41) is 3.49.